The molecule has 0 spiro atoms. The number of imide groups is 1. The monoisotopic (exact) mass is 182 g/mol. The van der Waals surface area contributed by atoms with Crippen LogP contribution < -0.4 is 16.4 Å². The van der Waals surface area contributed by atoms with Crippen molar-refractivity contribution in [2.75, 3.05) is 0 Å². The standard InChI is InChI=1S/C7H10N4O2/c8-6(12)11-7(13)10-4-5-2-1-3-9-5/h1-3,9H,4H2,(H4,8,10,11,12,13). The molecule has 1 aromatic rings. The molecule has 5 N–H and O–H groups in total. The predicted octanol–water partition coefficient (Wildman–Crippen LogP) is -0.107. The highest BCUT2D eigenvalue weighted by molar-refractivity contribution is 5.92. The second kappa shape index (κ2) is 4.15. The molecular formula is C7H10N4O2. The van der Waals surface area contributed by atoms with E-state index in [9.17, 15) is 9.59 Å². The Morgan fingerprint density at radius 2 is 2.31 bits per heavy atom. The third-order valence-electron chi connectivity index (χ3n) is 1.34. The van der Waals surface area contributed by atoms with Gasteiger partial charge in [0.15, 0.2) is 0 Å². The number of nitrogens with one attached hydrogen (secondary N) is 3. The first-order chi connectivity index (χ1) is 6.18. The molecule has 0 radical (unpaired) electrons. The van der Waals surface area contributed by atoms with E-state index in [4.69, 9.17) is 5.73 Å². The van der Waals surface area contributed by atoms with Gasteiger partial charge < -0.3 is 16.0 Å². The molecule has 6 nitrogen and oxygen atoms in total. The van der Waals surface area contributed by atoms with Gasteiger partial charge in [0.1, 0.15) is 0 Å². The molecule has 0 aliphatic rings. The van der Waals surface area contributed by atoms with Gasteiger partial charge in [-0.3, -0.25) is 5.32 Å². The number of carbonyl (C=O) groups is 2. The smallest absolute Gasteiger partial charge is 0.323 e. The summed E-state index contributed by atoms with van der Waals surface area (Å²) < 4.78 is 0. The average Bonchev–Trinajstić information content (AvgIpc) is 2.51. The Labute approximate surface area is 74.5 Å². The Balaban J connectivity index is 2.27. The number of carbonyl (C=O) groups excluding carboxylic acids is 2. The Bertz CT molecular complexity index is 293. The van der Waals surface area contributed by atoms with Crippen molar-refractivity contribution in [3.05, 3.63) is 24.0 Å². The van der Waals surface area contributed by atoms with Crippen LogP contribution in [-0.4, -0.2) is 17.0 Å². The van der Waals surface area contributed by atoms with Crippen LogP contribution in [0.5, 0.6) is 0 Å². The van der Waals surface area contributed by atoms with Gasteiger partial charge in [0.2, 0.25) is 0 Å². The van der Waals surface area contributed by atoms with Crippen molar-refractivity contribution in [2.24, 2.45) is 5.73 Å². The first kappa shape index (κ1) is 9.11. The molecule has 0 unspecified atom stereocenters. The molecule has 0 saturated heterocycles. The van der Waals surface area contributed by atoms with E-state index in [1.165, 1.54) is 0 Å². The van der Waals surface area contributed by atoms with Crippen LogP contribution in [0.4, 0.5) is 9.59 Å². The largest absolute Gasteiger partial charge is 0.364 e. The molecule has 70 valence electrons. The van der Waals surface area contributed by atoms with Gasteiger partial charge >= 0.3 is 12.1 Å². The summed E-state index contributed by atoms with van der Waals surface area (Å²) in [5, 5.41) is 4.31. The molecular weight excluding hydrogens is 172 g/mol. The van der Waals surface area contributed by atoms with Crippen molar-refractivity contribution in [2.45, 2.75) is 6.54 Å². The number of urea groups is 2. The highest BCUT2D eigenvalue weighted by Crippen LogP contribution is 1.91. The zero-order valence-corrected chi connectivity index (χ0v) is 6.83. The van der Waals surface area contributed by atoms with Crippen molar-refractivity contribution in [1.82, 2.24) is 15.6 Å². The van der Waals surface area contributed by atoms with Crippen LogP contribution in [0.25, 0.3) is 0 Å². The van der Waals surface area contributed by atoms with E-state index >= 15 is 0 Å². The molecule has 0 aliphatic carbocycles. The number of H-pyrrole nitrogens is 1. The molecule has 6 heteroatoms. The molecule has 0 aromatic carbocycles. The summed E-state index contributed by atoms with van der Waals surface area (Å²) in [4.78, 5) is 23.9. The maximum absolute atomic E-state index is 10.8. The lowest BCUT2D eigenvalue weighted by atomic mass is 10.4. The van der Waals surface area contributed by atoms with E-state index in [1.807, 2.05) is 17.4 Å². The molecule has 0 saturated carbocycles. The highest BCUT2D eigenvalue weighted by Gasteiger charge is 2.02. The maximum atomic E-state index is 10.8. The lowest BCUT2D eigenvalue weighted by Gasteiger charge is -2.02. The topological polar surface area (TPSA) is 100 Å². The van der Waals surface area contributed by atoms with Gasteiger partial charge in [0.05, 0.1) is 6.54 Å². The minimum absolute atomic E-state index is 0.326. The molecule has 0 atom stereocenters. The highest BCUT2D eigenvalue weighted by atomic mass is 16.2. The first-order valence-corrected chi connectivity index (χ1v) is 3.65. The average molecular weight is 182 g/mol. The van der Waals surface area contributed by atoms with Crippen LogP contribution in [0.1, 0.15) is 5.69 Å². The Morgan fingerprint density at radius 3 is 2.85 bits per heavy atom. The fourth-order valence-electron chi connectivity index (χ4n) is 0.809. The van der Waals surface area contributed by atoms with Gasteiger partial charge in [0.25, 0.3) is 0 Å². The quantitative estimate of drug-likeness (QED) is 0.513. The molecule has 13 heavy (non-hydrogen) atoms. The maximum Gasteiger partial charge on any atom is 0.323 e. The zero-order chi connectivity index (χ0) is 9.68. The number of amides is 4. The number of nitrogens with two attached hydrogens (primary N) is 1. The lowest BCUT2D eigenvalue weighted by Crippen LogP contribution is -2.41. The summed E-state index contributed by atoms with van der Waals surface area (Å²) >= 11 is 0. The van der Waals surface area contributed by atoms with Gasteiger partial charge in [-0.25, -0.2) is 9.59 Å². The molecule has 4 amide bonds. The Morgan fingerprint density at radius 1 is 1.54 bits per heavy atom. The molecule has 0 bridgehead atoms. The van der Waals surface area contributed by atoms with Gasteiger partial charge in [-0.2, -0.15) is 0 Å². The van der Waals surface area contributed by atoms with E-state index in [2.05, 4.69) is 10.3 Å². The van der Waals surface area contributed by atoms with Crippen LogP contribution in [0.2, 0.25) is 0 Å². The summed E-state index contributed by atoms with van der Waals surface area (Å²) in [7, 11) is 0. The fourth-order valence-corrected chi connectivity index (χ4v) is 0.809. The van der Waals surface area contributed by atoms with Gasteiger partial charge in [-0.15, -0.1) is 0 Å². The van der Waals surface area contributed by atoms with Crippen LogP contribution >= 0.6 is 0 Å². The number of rotatable bonds is 2. The normalized spacial score (nSPS) is 9.23. The lowest BCUT2D eigenvalue weighted by molar-refractivity contribution is 0.231. The van der Waals surface area contributed by atoms with E-state index in [0.717, 1.165) is 5.69 Å². The van der Waals surface area contributed by atoms with E-state index in [-0.39, 0.29) is 0 Å². The van der Waals surface area contributed by atoms with Gasteiger partial charge in [-0.1, -0.05) is 0 Å². The van der Waals surface area contributed by atoms with Crippen molar-refractivity contribution >= 4 is 12.1 Å². The van der Waals surface area contributed by atoms with Crippen molar-refractivity contribution in [3.8, 4) is 0 Å². The molecule has 0 fully saturated rings. The molecule has 0 aliphatic heterocycles. The zero-order valence-electron chi connectivity index (χ0n) is 6.83. The summed E-state index contributed by atoms with van der Waals surface area (Å²) in [6.07, 6.45) is 1.74. The van der Waals surface area contributed by atoms with E-state index in [0.29, 0.717) is 6.54 Å². The molecule has 1 rings (SSSR count). The summed E-state index contributed by atoms with van der Waals surface area (Å²) in [5.74, 6) is 0. The number of hydrogen-bond donors (Lipinski definition) is 4. The number of aromatic nitrogens is 1. The Kier molecular flexibility index (Phi) is 2.91. The van der Waals surface area contributed by atoms with Crippen LogP contribution in [0.3, 0.4) is 0 Å². The van der Waals surface area contributed by atoms with Crippen molar-refractivity contribution in [1.29, 1.82) is 0 Å². The summed E-state index contributed by atoms with van der Waals surface area (Å²) in [6.45, 7) is 0.326. The molecule has 1 aromatic heterocycles. The van der Waals surface area contributed by atoms with Gasteiger partial charge in [-0.05, 0) is 12.1 Å². The third kappa shape index (κ3) is 3.28. The summed E-state index contributed by atoms with van der Waals surface area (Å²) in [6, 6.07) is 2.14. The summed E-state index contributed by atoms with van der Waals surface area (Å²) in [5.41, 5.74) is 5.57. The van der Waals surface area contributed by atoms with Gasteiger partial charge in [0, 0.05) is 11.9 Å². The van der Waals surface area contributed by atoms with E-state index < -0.39 is 12.1 Å². The second-order valence-electron chi connectivity index (χ2n) is 2.37. The van der Waals surface area contributed by atoms with E-state index in [1.54, 1.807) is 6.20 Å². The molecule has 1 heterocycles. The minimum Gasteiger partial charge on any atom is -0.364 e. The van der Waals surface area contributed by atoms with Crippen LogP contribution in [0, 0.1) is 0 Å². The number of aromatic amines is 1. The second-order valence-corrected chi connectivity index (χ2v) is 2.37. The minimum atomic E-state index is -0.871. The number of hydrogen-bond acceptors (Lipinski definition) is 2. The fraction of sp³-hybridized carbons (Fsp3) is 0.143. The predicted molar refractivity (Wildman–Crippen MR) is 45.7 cm³/mol. The SMILES string of the molecule is NC(=O)NC(=O)NCc1ccc[nH]1. The van der Waals surface area contributed by atoms with Crippen molar-refractivity contribution < 1.29 is 9.59 Å². The number of primary amides is 1. The first-order valence-electron chi connectivity index (χ1n) is 3.65. The third-order valence-corrected chi connectivity index (χ3v) is 1.34. The van der Waals surface area contributed by atoms with Crippen LogP contribution in [-0.2, 0) is 6.54 Å². The van der Waals surface area contributed by atoms with Crippen LogP contribution in [0.15, 0.2) is 18.3 Å². The van der Waals surface area contributed by atoms with Crippen molar-refractivity contribution in [3.63, 3.8) is 0 Å². The Hall–Kier alpha value is -1.98.